The molecule has 92 valence electrons. The quantitative estimate of drug-likeness (QED) is 0.811. The van der Waals surface area contributed by atoms with E-state index in [2.05, 4.69) is 0 Å². The molecule has 0 saturated heterocycles. The van der Waals surface area contributed by atoms with E-state index in [9.17, 15) is 9.36 Å². The molecule has 0 spiro atoms. The molecule has 1 aliphatic carbocycles. The summed E-state index contributed by atoms with van der Waals surface area (Å²) in [5.74, 6) is -0.516. The minimum absolute atomic E-state index is 0.307. The lowest BCUT2D eigenvalue weighted by atomic mass is 10.4. The lowest BCUT2D eigenvalue weighted by Gasteiger charge is -2.24. The molecule has 0 aromatic heterocycles. The second-order valence-corrected chi connectivity index (χ2v) is 6.93. The van der Waals surface area contributed by atoms with Crippen LogP contribution >= 0.6 is 7.37 Å². The van der Waals surface area contributed by atoms with Gasteiger partial charge in [-0.25, -0.2) is 0 Å². The predicted molar refractivity (Wildman–Crippen MR) is 66.5 cm³/mol. The van der Waals surface area contributed by atoms with E-state index in [1.54, 1.807) is 31.2 Å². The number of hydrogen-bond donors (Lipinski definition) is 1. The first kappa shape index (κ1) is 12.3. The number of hydrogen-bond acceptors (Lipinski definition) is 3. The standard InChI is InChI=1S/C12H16NO3P/c1-2-16-17(15,10-6-4-3-5-7-10)12(8-9-12)11(13)14/h3-7H,2,8-9H2,1H3,(H2,13,14). The van der Waals surface area contributed by atoms with Crippen LogP contribution in [0.25, 0.3) is 0 Å². The predicted octanol–water partition coefficient (Wildman–Crippen LogP) is 1.64. The molecule has 1 atom stereocenters. The Hall–Kier alpha value is -1.12. The van der Waals surface area contributed by atoms with Crippen LogP contribution in [0.1, 0.15) is 19.8 Å². The van der Waals surface area contributed by atoms with Crippen molar-refractivity contribution in [2.75, 3.05) is 6.61 Å². The van der Waals surface area contributed by atoms with Gasteiger partial charge in [0.05, 0.1) is 6.61 Å². The summed E-state index contributed by atoms with van der Waals surface area (Å²) in [7, 11) is -3.19. The molecule has 0 heterocycles. The highest BCUT2D eigenvalue weighted by molar-refractivity contribution is 7.69. The van der Waals surface area contributed by atoms with Gasteiger partial charge >= 0.3 is 0 Å². The maximum Gasteiger partial charge on any atom is 0.247 e. The van der Waals surface area contributed by atoms with Gasteiger partial charge in [0, 0.05) is 5.30 Å². The molecule has 1 fully saturated rings. The van der Waals surface area contributed by atoms with Gasteiger partial charge in [0.2, 0.25) is 13.3 Å². The summed E-state index contributed by atoms with van der Waals surface area (Å²) in [5, 5.41) is -0.386. The summed E-state index contributed by atoms with van der Waals surface area (Å²) in [6.45, 7) is 2.08. The van der Waals surface area contributed by atoms with Crippen LogP contribution in [0, 0.1) is 0 Å². The zero-order chi connectivity index (χ0) is 12.5. The Morgan fingerprint density at radius 1 is 1.41 bits per heavy atom. The first-order valence-corrected chi connectivity index (χ1v) is 7.29. The van der Waals surface area contributed by atoms with Gasteiger partial charge in [0.25, 0.3) is 0 Å². The minimum atomic E-state index is -3.19. The third-order valence-corrected chi connectivity index (χ3v) is 6.55. The van der Waals surface area contributed by atoms with Gasteiger partial charge < -0.3 is 10.3 Å². The van der Waals surface area contributed by atoms with Crippen molar-refractivity contribution in [3.8, 4) is 0 Å². The maximum absolute atomic E-state index is 13.0. The highest BCUT2D eigenvalue weighted by atomic mass is 31.2. The van der Waals surface area contributed by atoms with E-state index in [4.69, 9.17) is 10.3 Å². The molecule has 0 aliphatic heterocycles. The third-order valence-electron chi connectivity index (χ3n) is 3.15. The number of primary amides is 1. The van der Waals surface area contributed by atoms with Crippen LogP contribution in [-0.4, -0.2) is 17.7 Å². The normalized spacial score (nSPS) is 20.5. The van der Waals surface area contributed by atoms with Crippen molar-refractivity contribution in [2.24, 2.45) is 5.73 Å². The van der Waals surface area contributed by atoms with E-state index in [0.29, 0.717) is 24.8 Å². The van der Waals surface area contributed by atoms with E-state index in [0.717, 1.165) is 0 Å². The average Bonchev–Trinajstić information content (AvgIpc) is 3.12. The Labute approximate surface area is 101 Å². The fourth-order valence-electron chi connectivity index (χ4n) is 2.06. The highest BCUT2D eigenvalue weighted by Crippen LogP contribution is 2.69. The van der Waals surface area contributed by atoms with Crippen molar-refractivity contribution in [1.29, 1.82) is 0 Å². The minimum Gasteiger partial charge on any atom is -0.369 e. The molecule has 2 rings (SSSR count). The number of nitrogens with two attached hydrogens (primary N) is 1. The van der Waals surface area contributed by atoms with E-state index in [-0.39, 0.29) is 0 Å². The molecular formula is C12H16NO3P. The van der Waals surface area contributed by atoms with Gasteiger partial charge in [-0.1, -0.05) is 18.2 Å². The molecule has 1 aliphatic rings. The summed E-state index contributed by atoms with van der Waals surface area (Å²) in [4.78, 5) is 11.5. The Morgan fingerprint density at radius 3 is 2.41 bits per heavy atom. The fraction of sp³-hybridized carbons (Fsp3) is 0.417. The van der Waals surface area contributed by atoms with Crippen molar-refractivity contribution >= 4 is 18.6 Å². The van der Waals surface area contributed by atoms with E-state index in [1.807, 2.05) is 6.07 Å². The van der Waals surface area contributed by atoms with Crippen LogP contribution in [-0.2, 0) is 13.9 Å². The number of amides is 1. The van der Waals surface area contributed by atoms with Gasteiger partial charge in [-0.05, 0) is 31.9 Å². The molecule has 1 saturated carbocycles. The van der Waals surface area contributed by atoms with E-state index >= 15 is 0 Å². The Balaban J connectivity index is 2.48. The molecule has 0 radical (unpaired) electrons. The van der Waals surface area contributed by atoms with Crippen LogP contribution in [0.15, 0.2) is 30.3 Å². The summed E-state index contributed by atoms with van der Waals surface area (Å²) < 4.78 is 18.5. The lowest BCUT2D eigenvalue weighted by Crippen LogP contribution is -2.34. The third kappa shape index (κ3) is 1.81. The van der Waals surface area contributed by atoms with Crippen molar-refractivity contribution in [3.05, 3.63) is 30.3 Å². The summed E-state index contributed by atoms with van der Waals surface area (Å²) in [6.07, 6.45) is 1.10. The molecule has 4 nitrogen and oxygen atoms in total. The average molecular weight is 253 g/mol. The largest absolute Gasteiger partial charge is 0.369 e. The molecule has 1 amide bonds. The van der Waals surface area contributed by atoms with E-state index < -0.39 is 18.4 Å². The number of carbonyl (C=O) groups is 1. The Bertz CT molecular complexity index is 468. The van der Waals surface area contributed by atoms with Gasteiger partial charge in [-0.3, -0.25) is 9.36 Å². The summed E-state index contributed by atoms with van der Waals surface area (Å²) in [6, 6.07) is 8.89. The SMILES string of the molecule is CCOP(=O)(c1ccccc1)C1(C(N)=O)CC1. The van der Waals surface area contributed by atoms with Crippen LogP contribution in [0.2, 0.25) is 0 Å². The molecule has 1 aromatic rings. The van der Waals surface area contributed by atoms with Crippen LogP contribution < -0.4 is 11.0 Å². The first-order chi connectivity index (χ1) is 8.07. The fourth-order valence-corrected chi connectivity index (χ4v) is 4.86. The number of benzene rings is 1. The summed E-state index contributed by atoms with van der Waals surface area (Å²) in [5.41, 5.74) is 5.40. The topological polar surface area (TPSA) is 69.4 Å². The summed E-state index contributed by atoms with van der Waals surface area (Å²) >= 11 is 0. The molecule has 17 heavy (non-hydrogen) atoms. The second kappa shape index (κ2) is 4.28. The monoisotopic (exact) mass is 253 g/mol. The van der Waals surface area contributed by atoms with E-state index in [1.165, 1.54) is 0 Å². The van der Waals surface area contributed by atoms with Crippen LogP contribution in [0.5, 0.6) is 0 Å². The second-order valence-electron chi connectivity index (χ2n) is 4.20. The zero-order valence-corrected chi connectivity index (χ0v) is 10.7. The first-order valence-electron chi connectivity index (χ1n) is 5.67. The van der Waals surface area contributed by atoms with Crippen LogP contribution in [0.3, 0.4) is 0 Å². The van der Waals surface area contributed by atoms with Crippen molar-refractivity contribution in [3.63, 3.8) is 0 Å². The van der Waals surface area contributed by atoms with Crippen molar-refractivity contribution in [2.45, 2.75) is 24.9 Å². The molecular weight excluding hydrogens is 237 g/mol. The Kier molecular flexibility index (Phi) is 3.11. The molecule has 2 N–H and O–H groups in total. The smallest absolute Gasteiger partial charge is 0.247 e. The van der Waals surface area contributed by atoms with Gasteiger partial charge in [-0.15, -0.1) is 0 Å². The lowest BCUT2D eigenvalue weighted by molar-refractivity contribution is -0.118. The Morgan fingerprint density at radius 2 is 2.00 bits per heavy atom. The van der Waals surface area contributed by atoms with Crippen LogP contribution in [0.4, 0.5) is 0 Å². The molecule has 1 unspecified atom stereocenters. The molecule has 0 bridgehead atoms. The van der Waals surface area contributed by atoms with Crippen molar-refractivity contribution < 1.29 is 13.9 Å². The van der Waals surface area contributed by atoms with Gasteiger partial charge in [0.15, 0.2) is 0 Å². The van der Waals surface area contributed by atoms with Crippen molar-refractivity contribution in [1.82, 2.24) is 0 Å². The zero-order valence-electron chi connectivity index (χ0n) is 9.76. The van der Waals surface area contributed by atoms with Gasteiger partial charge in [-0.2, -0.15) is 0 Å². The number of carbonyl (C=O) groups excluding carboxylic acids is 1. The molecule has 5 heteroatoms. The highest BCUT2D eigenvalue weighted by Gasteiger charge is 2.63. The number of rotatable bonds is 5. The maximum atomic E-state index is 13.0. The molecule has 1 aromatic carbocycles. The van der Waals surface area contributed by atoms with Gasteiger partial charge in [0.1, 0.15) is 5.16 Å².